The van der Waals surface area contributed by atoms with Gasteiger partial charge in [-0.3, -0.25) is 0 Å². The fourth-order valence-corrected chi connectivity index (χ4v) is 10.1. The fraction of sp³-hybridized carbons (Fsp3) is 0.174. The number of rotatable bonds is 5. The first-order valence-corrected chi connectivity index (χ1v) is 14.9. The van der Waals surface area contributed by atoms with Crippen molar-refractivity contribution in [3.8, 4) is 0 Å². The van der Waals surface area contributed by atoms with Crippen molar-refractivity contribution in [2.75, 3.05) is 0 Å². The van der Waals surface area contributed by atoms with Gasteiger partial charge >= 0.3 is 3.60 Å². The Kier molecular flexibility index (Phi) is 7.93. The summed E-state index contributed by atoms with van der Waals surface area (Å²) >= 11 is 33.2. The first-order valence-electron chi connectivity index (χ1n) is 9.93. The summed E-state index contributed by atoms with van der Waals surface area (Å²) in [5.41, 5.74) is 3.73. The van der Waals surface area contributed by atoms with Crippen LogP contribution in [0.15, 0.2) is 57.4 Å². The summed E-state index contributed by atoms with van der Waals surface area (Å²) in [6, 6.07) is 11.9. The quantitative estimate of drug-likeness (QED) is 0.209. The van der Waals surface area contributed by atoms with Crippen LogP contribution in [0.4, 0.5) is 0 Å². The number of hydrogen-bond acceptors (Lipinski definition) is 6. The second-order valence-corrected chi connectivity index (χ2v) is 14.8. The van der Waals surface area contributed by atoms with Crippen LogP contribution in [0.25, 0.3) is 0 Å². The van der Waals surface area contributed by atoms with Gasteiger partial charge in [-0.2, -0.15) is 0 Å². The second kappa shape index (κ2) is 10.2. The minimum atomic E-state index is -4.19. The molecule has 0 aromatic heterocycles. The molecule has 0 N–H and O–H groups in total. The summed E-state index contributed by atoms with van der Waals surface area (Å²) in [5.74, 6) is 0. The van der Waals surface area contributed by atoms with Crippen LogP contribution in [0.2, 0.25) is 25.1 Å². The van der Waals surface area contributed by atoms with E-state index in [1.165, 1.54) is 12.1 Å². The number of nitrogens with zero attached hydrogens (tertiary/aromatic N) is 1. The topological polar surface area (TPSA) is 55.7 Å². The number of oxime groups is 1. The average molecular weight is 628 g/mol. The lowest BCUT2D eigenvalue weighted by Crippen LogP contribution is -2.32. The maximum Gasteiger partial charge on any atom is 0.342 e. The van der Waals surface area contributed by atoms with Crippen molar-refractivity contribution in [2.24, 2.45) is 5.16 Å². The summed E-state index contributed by atoms with van der Waals surface area (Å²) < 4.78 is 26.0. The average Bonchev–Trinajstić information content (AvgIpc) is 3.24. The van der Waals surface area contributed by atoms with E-state index in [1.54, 1.807) is 18.2 Å². The molecule has 4 rings (SSSR count). The van der Waals surface area contributed by atoms with Crippen molar-refractivity contribution < 1.29 is 13.3 Å². The Morgan fingerprint density at radius 2 is 1.37 bits per heavy atom. The zero-order valence-electron chi connectivity index (χ0n) is 18.3. The lowest BCUT2D eigenvalue weighted by molar-refractivity contribution is 0.155. The first kappa shape index (κ1) is 27.3. The molecule has 3 aromatic carbocycles. The maximum atomic E-state index is 14.0. The molecule has 0 saturated heterocycles. The third kappa shape index (κ3) is 4.79. The highest BCUT2D eigenvalue weighted by Gasteiger charge is 2.56. The number of aryl methyl sites for hydroxylation is 3. The molecule has 0 aliphatic carbocycles. The summed E-state index contributed by atoms with van der Waals surface area (Å²) in [7, 11) is -4.19. The van der Waals surface area contributed by atoms with Gasteiger partial charge in [0.1, 0.15) is 5.04 Å². The molecule has 184 valence electrons. The minimum Gasteiger partial charge on any atom is -0.348 e. The van der Waals surface area contributed by atoms with E-state index in [0.717, 1.165) is 45.8 Å². The molecule has 1 aliphatic heterocycles. The van der Waals surface area contributed by atoms with Crippen molar-refractivity contribution in [1.82, 2.24) is 0 Å². The second-order valence-electron chi connectivity index (χ2n) is 7.68. The molecule has 0 amide bonds. The monoisotopic (exact) mass is 625 g/mol. The van der Waals surface area contributed by atoms with Gasteiger partial charge in [-0.15, -0.1) is 0 Å². The molecule has 0 saturated carbocycles. The summed E-state index contributed by atoms with van der Waals surface area (Å²) in [6.45, 7) is 5.86. The van der Waals surface area contributed by atoms with Crippen molar-refractivity contribution >= 4 is 96.4 Å². The van der Waals surface area contributed by atoms with Gasteiger partial charge in [-0.05, 0) is 67.6 Å². The van der Waals surface area contributed by atoms with Gasteiger partial charge < -0.3 is 4.84 Å². The highest BCUT2D eigenvalue weighted by Crippen LogP contribution is 2.59. The van der Waals surface area contributed by atoms with Crippen LogP contribution < -0.4 is 0 Å². The molecule has 0 bridgehead atoms. The van der Waals surface area contributed by atoms with Gasteiger partial charge in [0.15, 0.2) is 0 Å². The van der Waals surface area contributed by atoms with E-state index in [-0.39, 0.29) is 34.9 Å². The van der Waals surface area contributed by atoms with Crippen LogP contribution in [0.5, 0.6) is 0 Å². The third-order valence-corrected chi connectivity index (χ3v) is 13.3. The number of hydrogen-bond donors (Lipinski definition) is 0. The molecule has 4 nitrogen and oxygen atoms in total. The maximum absolute atomic E-state index is 14.0. The van der Waals surface area contributed by atoms with Crippen molar-refractivity contribution in [3.05, 3.63) is 89.8 Å². The summed E-state index contributed by atoms with van der Waals surface area (Å²) in [5, 5.41) is 4.41. The molecule has 35 heavy (non-hydrogen) atoms. The molecule has 12 heteroatoms. The number of thioether (sulfide) groups is 2. The van der Waals surface area contributed by atoms with Gasteiger partial charge in [0.25, 0.3) is 0 Å². The van der Waals surface area contributed by atoms with E-state index in [1.807, 2.05) is 32.9 Å². The normalized spacial score (nSPS) is 17.9. The standard InChI is InChI=1S/C23H16Cl5NO3S3/c1-11-9-12(2)15(13(3)10-11)22-29-32-23(34-22,35(30,31)14-7-5-4-6-8-14)33-21-19(27)17(25)16(24)18(26)20(21)28/h4-10H,1-3H3. The minimum absolute atomic E-state index is 0.0320. The van der Waals surface area contributed by atoms with Gasteiger partial charge in [-0.1, -0.05) is 99.1 Å². The lowest BCUT2D eigenvalue weighted by Gasteiger charge is -2.26. The Morgan fingerprint density at radius 1 is 0.857 bits per heavy atom. The van der Waals surface area contributed by atoms with Crippen molar-refractivity contribution in [1.29, 1.82) is 0 Å². The molecule has 1 aliphatic rings. The van der Waals surface area contributed by atoms with E-state index >= 15 is 0 Å². The first-order chi connectivity index (χ1) is 16.4. The lowest BCUT2D eigenvalue weighted by atomic mass is 10.0. The largest absolute Gasteiger partial charge is 0.348 e. The van der Waals surface area contributed by atoms with E-state index in [9.17, 15) is 8.42 Å². The molecule has 3 aromatic rings. The smallest absolute Gasteiger partial charge is 0.342 e. The van der Waals surface area contributed by atoms with Gasteiger partial charge in [0.05, 0.1) is 34.9 Å². The Hall–Kier alpha value is -0.770. The third-order valence-electron chi connectivity index (χ3n) is 5.13. The summed E-state index contributed by atoms with van der Waals surface area (Å²) in [6.07, 6.45) is 0. The van der Waals surface area contributed by atoms with Crippen LogP contribution in [0.3, 0.4) is 0 Å². The van der Waals surface area contributed by atoms with Gasteiger partial charge in [-0.25, -0.2) is 8.42 Å². The predicted molar refractivity (Wildman–Crippen MR) is 150 cm³/mol. The van der Waals surface area contributed by atoms with Gasteiger partial charge in [0.2, 0.25) is 9.84 Å². The van der Waals surface area contributed by atoms with Crippen LogP contribution in [-0.2, 0) is 14.7 Å². The molecule has 1 unspecified atom stereocenters. The number of benzene rings is 3. The van der Waals surface area contributed by atoms with E-state index < -0.39 is 13.4 Å². The van der Waals surface area contributed by atoms with E-state index in [0.29, 0.717) is 5.04 Å². The highest BCUT2D eigenvalue weighted by atomic mass is 35.5. The SMILES string of the molecule is Cc1cc(C)c(C2=NOC(Sc3c(Cl)c(Cl)c(Cl)c(Cl)c3Cl)(S(=O)(=O)c3ccccc3)S2)c(C)c1. The van der Waals surface area contributed by atoms with Crippen molar-refractivity contribution in [2.45, 2.75) is 34.2 Å². The molecule has 0 fully saturated rings. The zero-order chi connectivity index (χ0) is 25.7. The van der Waals surface area contributed by atoms with Crippen LogP contribution in [0, 0.1) is 20.8 Å². The fourth-order valence-electron chi connectivity index (χ4n) is 3.61. The van der Waals surface area contributed by atoms with E-state index in [4.69, 9.17) is 62.8 Å². The Balaban J connectivity index is 1.89. The molecular formula is C23H16Cl5NO3S3. The Bertz CT molecular complexity index is 1430. The number of halogens is 5. The molecule has 0 spiro atoms. The van der Waals surface area contributed by atoms with Gasteiger partial charge in [0, 0.05) is 5.56 Å². The summed E-state index contributed by atoms with van der Waals surface area (Å²) in [4.78, 5) is 5.92. The molecular weight excluding hydrogens is 612 g/mol. The Labute approximate surface area is 237 Å². The zero-order valence-corrected chi connectivity index (χ0v) is 24.6. The molecule has 1 heterocycles. The van der Waals surface area contributed by atoms with Crippen molar-refractivity contribution in [3.63, 3.8) is 0 Å². The van der Waals surface area contributed by atoms with Crippen LogP contribution >= 0.6 is 81.5 Å². The highest BCUT2D eigenvalue weighted by molar-refractivity contribution is 8.36. The van der Waals surface area contributed by atoms with Crippen LogP contribution in [-0.4, -0.2) is 17.1 Å². The number of sulfone groups is 1. The molecule has 1 atom stereocenters. The molecule has 0 radical (unpaired) electrons. The Morgan fingerprint density at radius 3 is 1.91 bits per heavy atom. The van der Waals surface area contributed by atoms with Crippen LogP contribution in [0.1, 0.15) is 22.3 Å². The predicted octanol–water partition coefficient (Wildman–Crippen LogP) is 9.18. The van der Waals surface area contributed by atoms with E-state index in [2.05, 4.69) is 5.16 Å².